The Morgan fingerprint density at radius 3 is 2.40 bits per heavy atom. The summed E-state index contributed by atoms with van der Waals surface area (Å²) in [5, 5.41) is 8.99. The van der Waals surface area contributed by atoms with E-state index in [1.54, 1.807) is 13.8 Å². The van der Waals surface area contributed by atoms with Crippen molar-refractivity contribution < 1.29 is 18.7 Å². The molecule has 1 rings (SSSR count). The van der Waals surface area contributed by atoms with Gasteiger partial charge in [-0.3, -0.25) is 4.79 Å². The van der Waals surface area contributed by atoms with Crippen LogP contribution in [-0.4, -0.2) is 17.0 Å². The predicted molar refractivity (Wildman–Crippen MR) is 75.9 cm³/mol. The molecule has 1 aliphatic rings. The number of hydrogen-bond donors (Lipinski definition) is 1. The fourth-order valence-corrected chi connectivity index (χ4v) is 2.85. The van der Waals surface area contributed by atoms with Gasteiger partial charge in [-0.2, -0.15) is 0 Å². The third-order valence-electron chi connectivity index (χ3n) is 4.00. The Balaban J connectivity index is 2.57. The van der Waals surface area contributed by atoms with Crippen molar-refractivity contribution in [1.82, 2.24) is 0 Å². The van der Waals surface area contributed by atoms with Crippen LogP contribution >= 0.6 is 0 Å². The Kier molecular flexibility index (Phi) is 6.63. The summed E-state index contributed by atoms with van der Waals surface area (Å²) in [6.45, 7) is 3.52. The Morgan fingerprint density at radius 2 is 1.90 bits per heavy atom. The van der Waals surface area contributed by atoms with E-state index in [0.717, 1.165) is 18.9 Å². The fourth-order valence-electron chi connectivity index (χ4n) is 2.85. The molecular formula is C16H26F2O2. The van der Waals surface area contributed by atoms with Crippen molar-refractivity contribution in [2.24, 2.45) is 17.8 Å². The van der Waals surface area contributed by atoms with E-state index in [0.29, 0.717) is 12.3 Å². The summed E-state index contributed by atoms with van der Waals surface area (Å²) < 4.78 is 28.0. The average molecular weight is 288 g/mol. The standard InChI is InChI=1S/C16H26F2O2/c1-12(2)11-14(15(19)20)16(17,18)10-6-9-13-7-4-3-5-8-13/h6,10,12-14H,3-5,7-9,11H2,1-2H3,(H,19,20)/b10-6+. The van der Waals surface area contributed by atoms with Crippen LogP contribution in [0.25, 0.3) is 0 Å². The van der Waals surface area contributed by atoms with Crippen LogP contribution in [-0.2, 0) is 4.79 Å². The molecule has 116 valence electrons. The number of halogens is 2. The van der Waals surface area contributed by atoms with Crippen molar-refractivity contribution in [3.63, 3.8) is 0 Å². The van der Waals surface area contributed by atoms with Gasteiger partial charge in [0.25, 0.3) is 5.92 Å². The van der Waals surface area contributed by atoms with E-state index in [4.69, 9.17) is 5.11 Å². The minimum atomic E-state index is -3.26. The summed E-state index contributed by atoms with van der Waals surface area (Å²) in [6, 6.07) is 0. The van der Waals surface area contributed by atoms with E-state index in [1.165, 1.54) is 25.3 Å². The van der Waals surface area contributed by atoms with Crippen LogP contribution in [0.15, 0.2) is 12.2 Å². The second-order valence-corrected chi connectivity index (χ2v) is 6.34. The summed E-state index contributed by atoms with van der Waals surface area (Å²) in [5.41, 5.74) is 0. The van der Waals surface area contributed by atoms with E-state index >= 15 is 0 Å². The fraction of sp³-hybridized carbons (Fsp3) is 0.812. The first kappa shape index (κ1) is 17.1. The molecule has 0 bridgehead atoms. The van der Waals surface area contributed by atoms with Gasteiger partial charge in [-0.25, -0.2) is 8.78 Å². The molecule has 0 saturated heterocycles. The lowest BCUT2D eigenvalue weighted by Crippen LogP contribution is -2.34. The van der Waals surface area contributed by atoms with Crippen molar-refractivity contribution in [2.45, 2.75) is 64.7 Å². The molecule has 1 N–H and O–H groups in total. The van der Waals surface area contributed by atoms with Gasteiger partial charge in [-0.1, -0.05) is 52.0 Å². The van der Waals surface area contributed by atoms with E-state index < -0.39 is 17.8 Å². The predicted octanol–water partition coefficient (Wildman–Crippen LogP) is 4.90. The summed E-state index contributed by atoms with van der Waals surface area (Å²) in [4.78, 5) is 11.0. The lowest BCUT2D eigenvalue weighted by molar-refractivity contribution is -0.153. The molecule has 0 aromatic rings. The van der Waals surface area contributed by atoms with Crippen molar-refractivity contribution in [2.75, 3.05) is 0 Å². The third kappa shape index (κ3) is 5.59. The Labute approximate surface area is 120 Å². The summed E-state index contributed by atoms with van der Waals surface area (Å²) >= 11 is 0. The molecule has 1 saturated carbocycles. The summed E-state index contributed by atoms with van der Waals surface area (Å²) in [6.07, 6.45) is 8.76. The minimum absolute atomic E-state index is 0.00387. The molecule has 0 aliphatic heterocycles. The first-order valence-corrected chi connectivity index (χ1v) is 7.61. The number of allylic oxidation sites excluding steroid dienone is 2. The highest BCUT2D eigenvalue weighted by atomic mass is 19.3. The highest BCUT2D eigenvalue weighted by Gasteiger charge is 2.42. The largest absolute Gasteiger partial charge is 0.481 e. The first-order chi connectivity index (χ1) is 9.33. The number of alkyl halides is 2. The molecule has 1 fully saturated rings. The molecule has 0 heterocycles. The number of rotatable bonds is 7. The van der Waals surface area contributed by atoms with Crippen molar-refractivity contribution in [3.8, 4) is 0 Å². The average Bonchev–Trinajstić information content (AvgIpc) is 2.36. The van der Waals surface area contributed by atoms with E-state index in [1.807, 2.05) is 0 Å². The smallest absolute Gasteiger partial charge is 0.313 e. The maximum Gasteiger partial charge on any atom is 0.313 e. The molecule has 0 radical (unpaired) electrons. The van der Waals surface area contributed by atoms with Gasteiger partial charge in [0.2, 0.25) is 0 Å². The van der Waals surface area contributed by atoms with Crippen LogP contribution in [0.4, 0.5) is 8.78 Å². The van der Waals surface area contributed by atoms with Gasteiger partial charge < -0.3 is 5.11 Å². The Bertz CT molecular complexity index is 331. The maximum absolute atomic E-state index is 14.0. The molecule has 0 aromatic heterocycles. The molecule has 0 amide bonds. The summed E-state index contributed by atoms with van der Waals surface area (Å²) in [5.74, 6) is -5.86. The molecule has 1 aliphatic carbocycles. The van der Waals surface area contributed by atoms with Crippen LogP contribution in [0.5, 0.6) is 0 Å². The van der Waals surface area contributed by atoms with Crippen molar-refractivity contribution in [1.29, 1.82) is 0 Å². The lowest BCUT2D eigenvalue weighted by Gasteiger charge is -2.23. The van der Waals surface area contributed by atoms with Gasteiger partial charge in [0, 0.05) is 0 Å². The van der Waals surface area contributed by atoms with Crippen LogP contribution in [0.3, 0.4) is 0 Å². The van der Waals surface area contributed by atoms with Crippen molar-refractivity contribution in [3.05, 3.63) is 12.2 Å². The van der Waals surface area contributed by atoms with Gasteiger partial charge in [0.05, 0.1) is 0 Å². The third-order valence-corrected chi connectivity index (χ3v) is 4.00. The molecule has 1 unspecified atom stereocenters. The topological polar surface area (TPSA) is 37.3 Å². The van der Waals surface area contributed by atoms with Crippen molar-refractivity contribution >= 4 is 5.97 Å². The van der Waals surface area contributed by atoms with Crippen LogP contribution in [0, 0.1) is 17.8 Å². The monoisotopic (exact) mass is 288 g/mol. The summed E-state index contributed by atoms with van der Waals surface area (Å²) in [7, 11) is 0. The number of carboxylic acid groups (broad SMARTS) is 1. The maximum atomic E-state index is 14.0. The highest BCUT2D eigenvalue weighted by Crippen LogP contribution is 2.33. The van der Waals surface area contributed by atoms with Crippen LogP contribution < -0.4 is 0 Å². The number of hydrogen-bond acceptors (Lipinski definition) is 1. The Morgan fingerprint density at radius 1 is 1.30 bits per heavy atom. The zero-order valence-electron chi connectivity index (χ0n) is 12.4. The molecule has 2 nitrogen and oxygen atoms in total. The molecule has 4 heteroatoms. The quantitative estimate of drug-likeness (QED) is 0.677. The minimum Gasteiger partial charge on any atom is -0.481 e. The van der Waals surface area contributed by atoms with Gasteiger partial charge in [0.1, 0.15) is 5.92 Å². The zero-order chi connectivity index (χ0) is 15.2. The van der Waals surface area contributed by atoms with Gasteiger partial charge in [-0.05, 0) is 30.8 Å². The normalized spacial score (nSPS) is 19.6. The second-order valence-electron chi connectivity index (χ2n) is 6.34. The van der Waals surface area contributed by atoms with Gasteiger partial charge in [-0.15, -0.1) is 0 Å². The SMILES string of the molecule is CC(C)CC(C(=O)O)C(F)(F)/C=C/CC1CCCCC1. The molecule has 20 heavy (non-hydrogen) atoms. The lowest BCUT2D eigenvalue weighted by atomic mass is 9.86. The zero-order valence-corrected chi connectivity index (χ0v) is 12.4. The van der Waals surface area contributed by atoms with Gasteiger partial charge in [0.15, 0.2) is 0 Å². The van der Waals surface area contributed by atoms with Gasteiger partial charge >= 0.3 is 5.97 Å². The number of carbonyl (C=O) groups is 1. The highest BCUT2D eigenvalue weighted by molar-refractivity contribution is 5.71. The molecular weight excluding hydrogens is 262 g/mol. The Hall–Kier alpha value is -0.930. The molecule has 0 spiro atoms. The van der Waals surface area contributed by atoms with Crippen LogP contribution in [0.2, 0.25) is 0 Å². The second kappa shape index (κ2) is 7.75. The van der Waals surface area contributed by atoms with Crippen LogP contribution in [0.1, 0.15) is 58.8 Å². The van der Waals surface area contributed by atoms with E-state index in [-0.39, 0.29) is 12.3 Å². The number of carboxylic acids is 1. The van der Waals surface area contributed by atoms with E-state index in [2.05, 4.69) is 0 Å². The molecule has 1 atom stereocenters. The molecule has 0 aromatic carbocycles. The number of aliphatic carboxylic acids is 1. The van der Waals surface area contributed by atoms with E-state index in [9.17, 15) is 13.6 Å². The first-order valence-electron chi connectivity index (χ1n) is 7.61.